The third kappa shape index (κ3) is 4.22. The maximum atomic E-state index is 12.2. The van der Waals surface area contributed by atoms with Gasteiger partial charge in [-0.2, -0.15) is 0 Å². The molecule has 0 spiro atoms. The maximum absolute atomic E-state index is 12.2. The molecule has 4 heteroatoms. The van der Waals surface area contributed by atoms with E-state index in [1.807, 2.05) is 4.90 Å². The summed E-state index contributed by atoms with van der Waals surface area (Å²) < 4.78 is 5.37. The Morgan fingerprint density at radius 3 is 2.30 bits per heavy atom. The van der Waals surface area contributed by atoms with Crippen molar-refractivity contribution < 1.29 is 14.3 Å². The van der Waals surface area contributed by atoms with Crippen LogP contribution in [-0.4, -0.2) is 36.5 Å². The molecule has 1 atom stereocenters. The van der Waals surface area contributed by atoms with Gasteiger partial charge in [0.25, 0.3) is 0 Å². The highest BCUT2D eigenvalue weighted by Gasteiger charge is 2.29. The maximum Gasteiger partial charge on any atom is 0.318 e. The van der Waals surface area contributed by atoms with Gasteiger partial charge in [0.2, 0.25) is 5.91 Å². The monoisotopic (exact) mass is 281 g/mol. The number of piperidine rings is 1. The molecule has 1 unspecified atom stereocenters. The fourth-order valence-electron chi connectivity index (χ4n) is 3.17. The Morgan fingerprint density at radius 1 is 1.05 bits per heavy atom. The zero-order valence-electron chi connectivity index (χ0n) is 12.6. The van der Waals surface area contributed by atoms with E-state index in [9.17, 15) is 9.59 Å². The molecule has 0 aromatic heterocycles. The second-order valence-corrected chi connectivity index (χ2v) is 6.24. The lowest BCUT2D eigenvalue weighted by Crippen LogP contribution is -2.41. The molecule has 0 aromatic carbocycles. The summed E-state index contributed by atoms with van der Waals surface area (Å²) in [5, 5.41) is 0. The number of nitrogens with zero attached hydrogens (tertiary/aromatic N) is 1. The summed E-state index contributed by atoms with van der Waals surface area (Å²) in [6.07, 6.45) is 9.38. The first-order chi connectivity index (χ1) is 9.68. The molecule has 1 heterocycles. The van der Waals surface area contributed by atoms with Gasteiger partial charge in [-0.1, -0.05) is 19.3 Å². The Kier molecular flexibility index (Phi) is 5.86. The van der Waals surface area contributed by atoms with Gasteiger partial charge >= 0.3 is 5.97 Å². The van der Waals surface area contributed by atoms with Crippen molar-refractivity contribution in [2.45, 2.75) is 58.3 Å². The van der Waals surface area contributed by atoms with Gasteiger partial charge in [0, 0.05) is 13.1 Å². The highest BCUT2D eigenvalue weighted by molar-refractivity contribution is 5.97. The summed E-state index contributed by atoms with van der Waals surface area (Å²) in [5.41, 5.74) is 0. The summed E-state index contributed by atoms with van der Waals surface area (Å²) >= 11 is 0. The summed E-state index contributed by atoms with van der Waals surface area (Å²) in [5.74, 6) is -0.536. The van der Waals surface area contributed by atoms with Crippen molar-refractivity contribution >= 4 is 11.9 Å². The SMILES string of the molecule is CC(C(=O)OCC1CCCCC1)C(=O)N1CCCCC1. The average Bonchev–Trinajstić information content (AvgIpc) is 2.53. The van der Waals surface area contributed by atoms with Crippen LogP contribution < -0.4 is 0 Å². The minimum atomic E-state index is -0.642. The van der Waals surface area contributed by atoms with Crippen molar-refractivity contribution in [3.63, 3.8) is 0 Å². The minimum Gasteiger partial charge on any atom is -0.465 e. The molecule has 2 rings (SSSR count). The van der Waals surface area contributed by atoms with Crippen LogP contribution in [-0.2, 0) is 14.3 Å². The second kappa shape index (κ2) is 7.65. The Morgan fingerprint density at radius 2 is 1.65 bits per heavy atom. The predicted octanol–water partition coefficient (Wildman–Crippen LogP) is 2.76. The summed E-state index contributed by atoms with van der Waals surface area (Å²) in [7, 11) is 0. The highest BCUT2D eigenvalue weighted by atomic mass is 16.5. The minimum absolute atomic E-state index is 0.0571. The molecule has 114 valence electrons. The van der Waals surface area contributed by atoms with Crippen LogP contribution in [0.4, 0.5) is 0 Å². The molecule has 1 aliphatic carbocycles. The third-order valence-corrected chi connectivity index (χ3v) is 4.58. The van der Waals surface area contributed by atoms with Gasteiger partial charge in [-0.25, -0.2) is 0 Å². The van der Waals surface area contributed by atoms with E-state index in [4.69, 9.17) is 4.74 Å². The normalized spacial score (nSPS) is 22.4. The van der Waals surface area contributed by atoms with Gasteiger partial charge in [0.15, 0.2) is 0 Å². The van der Waals surface area contributed by atoms with E-state index in [1.54, 1.807) is 6.92 Å². The Balaban J connectivity index is 1.74. The van der Waals surface area contributed by atoms with Crippen molar-refractivity contribution in [1.29, 1.82) is 0 Å². The smallest absolute Gasteiger partial charge is 0.318 e. The number of carbonyl (C=O) groups excluding carboxylic acids is 2. The van der Waals surface area contributed by atoms with Crippen LogP contribution in [0.25, 0.3) is 0 Å². The fourth-order valence-corrected chi connectivity index (χ4v) is 3.17. The Bertz CT molecular complexity index is 331. The molecule has 0 aromatic rings. The van der Waals surface area contributed by atoms with Gasteiger partial charge in [-0.15, -0.1) is 0 Å². The molecule has 1 aliphatic heterocycles. The molecular formula is C16H27NO3. The standard InChI is InChI=1S/C16H27NO3/c1-13(15(18)17-10-6-3-7-11-17)16(19)20-12-14-8-4-2-5-9-14/h13-14H,2-12H2,1H3. The van der Waals surface area contributed by atoms with E-state index in [-0.39, 0.29) is 11.9 Å². The largest absolute Gasteiger partial charge is 0.465 e. The van der Waals surface area contributed by atoms with E-state index in [1.165, 1.54) is 25.7 Å². The lowest BCUT2D eigenvalue weighted by Gasteiger charge is -2.29. The van der Waals surface area contributed by atoms with Crippen molar-refractivity contribution in [2.24, 2.45) is 11.8 Å². The predicted molar refractivity (Wildman–Crippen MR) is 77.1 cm³/mol. The third-order valence-electron chi connectivity index (χ3n) is 4.58. The quantitative estimate of drug-likeness (QED) is 0.588. The first-order valence-corrected chi connectivity index (χ1v) is 8.14. The molecule has 1 saturated heterocycles. The van der Waals surface area contributed by atoms with Gasteiger partial charge in [0.05, 0.1) is 6.61 Å². The van der Waals surface area contributed by atoms with E-state index in [2.05, 4.69) is 0 Å². The molecular weight excluding hydrogens is 254 g/mol. The van der Waals surface area contributed by atoms with Gasteiger partial charge in [-0.05, 0) is 44.9 Å². The van der Waals surface area contributed by atoms with Crippen molar-refractivity contribution in [3.8, 4) is 0 Å². The van der Waals surface area contributed by atoms with Crippen molar-refractivity contribution in [1.82, 2.24) is 4.90 Å². The van der Waals surface area contributed by atoms with Crippen LogP contribution in [0, 0.1) is 11.8 Å². The van der Waals surface area contributed by atoms with Gasteiger partial charge in [-0.3, -0.25) is 9.59 Å². The fraction of sp³-hybridized carbons (Fsp3) is 0.875. The summed E-state index contributed by atoms with van der Waals surface area (Å²) in [6.45, 7) is 3.76. The van der Waals surface area contributed by atoms with Crippen LogP contribution in [0.15, 0.2) is 0 Å². The molecule has 1 saturated carbocycles. The number of amides is 1. The number of likely N-dealkylation sites (tertiary alicyclic amines) is 1. The lowest BCUT2D eigenvalue weighted by molar-refractivity contribution is -0.156. The van der Waals surface area contributed by atoms with Crippen LogP contribution in [0.5, 0.6) is 0 Å². The molecule has 4 nitrogen and oxygen atoms in total. The molecule has 0 radical (unpaired) electrons. The van der Waals surface area contributed by atoms with Gasteiger partial charge in [0.1, 0.15) is 5.92 Å². The summed E-state index contributed by atoms with van der Waals surface area (Å²) in [6, 6.07) is 0. The van der Waals surface area contributed by atoms with Crippen LogP contribution >= 0.6 is 0 Å². The van der Waals surface area contributed by atoms with Crippen LogP contribution in [0.1, 0.15) is 58.3 Å². The van der Waals surface area contributed by atoms with Crippen LogP contribution in [0.2, 0.25) is 0 Å². The van der Waals surface area contributed by atoms with E-state index < -0.39 is 5.92 Å². The average molecular weight is 281 g/mol. The number of carbonyl (C=O) groups is 2. The molecule has 0 N–H and O–H groups in total. The lowest BCUT2D eigenvalue weighted by atomic mass is 9.90. The molecule has 20 heavy (non-hydrogen) atoms. The molecule has 2 fully saturated rings. The van der Waals surface area contributed by atoms with E-state index in [0.717, 1.165) is 38.8 Å². The highest BCUT2D eigenvalue weighted by Crippen LogP contribution is 2.24. The van der Waals surface area contributed by atoms with Crippen LogP contribution in [0.3, 0.4) is 0 Å². The van der Waals surface area contributed by atoms with Crippen molar-refractivity contribution in [3.05, 3.63) is 0 Å². The van der Waals surface area contributed by atoms with E-state index >= 15 is 0 Å². The Hall–Kier alpha value is -1.06. The molecule has 2 aliphatic rings. The van der Waals surface area contributed by atoms with E-state index in [0.29, 0.717) is 12.5 Å². The number of rotatable bonds is 4. The number of esters is 1. The first-order valence-electron chi connectivity index (χ1n) is 8.14. The number of ether oxygens (including phenoxy) is 1. The Labute approximate surface area is 121 Å². The number of hydrogen-bond acceptors (Lipinski definition) is 3. The molecule has 0 bridgehead atoms. The van der Waals surface area contributed by atoms with Crippen molar-refractivity contribution in [2.75, 3.05) is 19.7 Å². The van der Waals surface area contributed by atoms with Gasteiger partial charge < -0.3 is 9.64 Å². The first kappa shape index (κ1) is 15.3. The second-order valence-electron chi connectivity index (χ2n) is 6.24. The zero-order chi connectivity index (χ0) is 14.4. The topological polar surface area (TPSA) is 46.6 Å². The molecule has 1 amide bonds. The zero-order valence-corrected chi connectivity index (χ0v) is 12.6. The summed E-state index contributed by atoms with van der Waals surface area (Å²) in [4.78, 5) is 26.0. The number of hydrogen-bond donors (Lipinski definition) is 0.